The Morgan fingerprint density at radius 3 is 2.40 bits per heavy atom. The summed E-state index contributed by atoms with van der Waals surface area (Å²) in [7, 11) is 0.939. The lowest BCUT2D eigenvalue weighted by atomic mass is 10.3. The zero-order valence-electron chi connectivity index (χ0n) is 6.92. The van der Waals surface area contributed by atoms with Crippen molar-refractivity contribution in [2.45, 2.75) is 11.5 Å². The van der Waals surface area contributed by atoms with Crippen LogP contribution in [0.2, 0.25) is 0 Å². The Balaban J connectivity index is 3.45. The molecule has 0 unspecified atom stereocenters. The van der Waals surface area contributed by atoms with Crippen LogP contribution in [0, 0.1) is 3.57 Å². The number of nitrogens with two attached hydrogens (primary N) is 1. The molecule has 9 heteroatoms. The van der Waals surface area contributed by atoms with Crippen molar-refractivity contribution in [2.75, 3.05) is 5.73 Å². The van der Waals surface area contributed by atoms with Crippen LogP contribution in [0.3, 0.4) is 0 Å². The zero-order valence-corrected chi connectivity index (χ0v) is 10.6. The van der Waals surface area contributed by atoms with Gasteiger partial charge in [0, 0.05) is 14.3 Å². The Labute approximate surface area is 102 Å². The smallest absolute Gasteiger partial charge is 0.278 e. The van der Waals surface area contributed by atoms with Crippen LogP contribution in [-0.2, 0) is 9.05 Å². The summed E-state index contributed by atoms with van der Waals surface area (Å²) in [5.41, 5.74) is 4.71. The second kappa shape index (κ2) is 4.34. The fourth-order valence-corrected chi connectivity index (χ4v) is 2.58. The molecule has 0 bridgehead atoms. The molecule has 4 nitrogen and oxygen atoms in total. The molecule has 0 aliphatic heterocycles. The lowest BCUT2D eigenvalue weighted by Gasteiger charge is -2.07. The van der Waals surface area contributed by atoms with E-state index in [2.05, 4.69) is 4.98 Å². The van der Waals surface area contributed by atoms with E-state index in [1.165, 1.54) is 0 Å². The molecule has 15 heavy (non-hydrogen) atoms. The molecule has 0 saturated carbocycles. The summed E-state index contributed by atoms with van der Waals surface area (Å²) in [6.45, 7) is 0. The molecule has 0 aliphatic carbocycles. The van der Waals surface area contributed by atoms with E-state index >= 15 is 0 Å². The normalized spacial score (nSPS) is 12.1. The van der Waals surface area contributed by atoms with E-state index in [1.807, 2.05) is 0 Å². The molecule has 0 atom stereocenters. The van der Waals surface area contributed by atoms with Gasteiger partial charge in [0.15, 0.2) is 5.03 Å². The number of pyridine rings is 1. The summed E-state index contributed by atoms with van der Waals surface area (Å²) in [5.74, 6) is -0.531. The third kappa shape index (κ3) is 2.88. The average Bonchev–Trinajstić information content (AvgIpc) is 1.99. The lowest BCUT2D eigenvalue weighted by Crippen LogP contribution is -2.06. The predicted molar refractivity (Wildman–Crippen MR) is 59.4 cm³/mol. The molecule has 0 aromatic carbocycles. The molecule has 1 aromatic heterocycles. The minimum atomic E-state index is -4.06. The monoisotopic (exact) mass is 368 g/mol. The van der Waals surface area contributed by atoms with Crippen molar-refractivity contribution >= 4 is 48.1 Å². The van der Waals surface area contributed by atoms with Gasteiger partial charge in [0.1, 0.15) is 5.82 Å². The third-order valence-electron chi connectivity index (χ3n) is 1.48. The first-order valence-electron chi connectivity index (χ1n) is 3.42. The summed E-state index contributed by atoms with van der Waals surface area (Å²) in [6.07, 6.45) is -2.81. The highest BCUT2D eigenvalue weighted by molar-refractivity contribution is 14.1. The van der Waals surface area contributed by atoms with E-state index < -0.39 is 31.9 Å². The average molecular weight is 369 g/mol. The largest absolute Gasteiger partial charge is 0.383 e. The molecule has 1 heterocycles. The van der Waals surface area contributed by atoms with E-state index in [4.69, 9.17) is 16.4 Å². The quantitative estimate of drug-likeness (QED) is 0.641. The number of hydrogen-bond donors (Lipinski definition) is 1. The fraction of sp³-hybridized carbons (Fsp3) is 0.167. The predicted octanol–water partition coefficient (Wildman–Crippen LogP) is 2.13. The summed E-state index contributed by atoms with van der Waals surface area (Å²) < 4.78 is 46.6. The van der Waals surface area contributed by atoms with Crippen LogP contribution in [0.5, 0.6) is 0 Å². The zero-order chi connectivity index (χ0) is 11.8. The highest BCUT2D eigenvalue weighted by Gasteiger charge is 2.21. The molecule has 0 amide bonds. The topological polar surface area (TPSA) is 73.0 Å². The van der Waals surface area contributed by atoms with Crippen molar-refractivity contribution in [3.63, 3.8) is 0 Å². The van der Waals surface area contributed by atoms with Crippen LogP contribution >= 0.6 is 33.3 Å². The van der Waals surface area contributed by atoms with Gasteiger partial charge in [-0.3, -0.25) is 0 Å². The number of aromatic nitrogens is 1. The highest BCUT2D eigenvalue weighted by atomic mass is 127. The minimum Gasteiger partial charge on any atom is -0.383 e. The third-order valence-corrected chi connectivity index (χ3v) is 3.56. The van der Waals surface area contributed by atoms with Crippen molar-refractivity contribution in [1.29, 1.82) is 0 Å². The van der Waals surface area contributed by atoms with E-state index in [1.54, 1.807) is 22.6 Å². The Bertz CT molecular complexity index is 471. The Hall–Kier alpha value is -0.220. The van der Waals surface area contributed by atoms with E-state index in [0.717, 1.165) is 6.07 Å². The number of nitrogens with zero attached hydrogens (tertiary/aromatic N) is 1. The van der Waals surface area contributed by atoms with Crippen molar-refractivity contribution in [3.05, 3.63) is 15.2 Å². The number of rotatable bonds is 2. The summed E-state index contributed by atoms with van der Waals surface area (Å²) >= 11 is 1.54. The molecule has 0 radical (unpaired) electrons. The molecule has 0 spiro atoms. The minimum absolute atomic E-state index is 0.00863. The van der Waals surface area contributed by atoms with Gasteiger partial charge in [-0.25, -0.2) is 22.2 Å². The number of hydrogen-bond acceptors (Lipinski definition) is 4. The van der Waals surface area contributed by atoms with Gasteiger partial charge < -0.3 is 5.73 Å². The standard InChI is InChI=1S/C6H4ClF2IN2O2S/c7-15(13,14)3-1-2(10)4(5(8)9)6(11)12-3/h1,5H,(H2,11,12). The Morgan fingerprint density at radius 1 is 1.53 bits per heavy atom. The molecular formula is C6H4ClF2IN2O2S. The van der Waals surface area contributed by atoms with Crippen molar-refractivity contribution in [2.24, 2.45) is 0 Å². The summed E-state index contributed by atoms with van der Waals surface area (Å²) in [5, 5.41) is -0.532. The molecular weight excluding hydrogens is 364 g/mol. The summed E-state index contributed by atoms with van der Waals surface area (Å²) in [4.78, 5) is 3.30. The maximum absolute atomic E-state index is 12.4. The molecule has 0 aliphatic rings. The first-order chi connectivity index (χ1) is 6.73. The van der Waals surface area contributed by atoms with Crippen LogP contribution in [0.1, 0.15) is 12.0 Å². The fourth-order valence-electron chi connectivity index (χ4n) is 0.861. The van der Waals surface area contributed by atoms with E-state index in [-0.39, 0.29) is 3.57 Å². The first-order valence-corrected chi connectivity index (χ1v) is 6.81. The van der Waals surface area contributed by atoms with E-state index in [0.29, 0.717) is 0 Å². The Morgan fingerprint density at radius 2 is 2.07 bits per heavy atom. The van der Waals surface area contributed by atoms with Gasteiger partial charge in [0.25, 0.3) is 15.5 Å². The van der Waals surface area contributed by atoms with Gasteiger partial charge in [-0.1, -0.05) is 0 Å². The first kappa shape index (κ1) is 12.8. The molecule has 0 saturated heterocycles. The Kier molecular flexibility index (Phi) is 3.71. The second-order valence-electron chi connectivity index (χ2n) is 2.48. The molecule has 0 fully saturated rings. The van der Waals surface area contributed by atoms with Crippen molar-refractivity contribution < 1.29 is 17.2 Å². The number of nitrogen functional groups attached to an aromatic ring is 1. The number of alkyl halides is 2. The van der Waals surface area contributed by atoms with Gasteiger partial charge in [0.05, 0.1) is 5.56 Å². The van der Waals surface area contributed by atoms with Crippen LogP contribution in [-0.4, -0.2) is 13.4 Å². The van der Waals surface area contributed by atoms with Crippen LogP contribution in [0.25, 0.3) is 0 Å². The van der Waals surface area contributed by atoms with Gasteiger partial charge in [-0.15, -0.1) is 0 Å². The van der Waals surface area contributed by atoms with Gasteiger partial charge in [0.2, 0.25) is 0 Å². The maximum Gasteiger partial charge on any atom is 0.278 e. The SMILES string of the molecule is Nc1nc(S(=O)(=O)Cl)cc(I)c1C(F)F. The molecule has 1 rings (SSSR count). The maximum atomic E-state index is 12.4. The van der Waals surface area contributed by atoms with Gasteiger partial charge in [-0.2, -0.15) is 0 Å². The summed E-state index contributed by atoms with van der Waals surface area (Å²) in [6, 6.07) is 0.945. The molecule has 2 N–H and O–H groups in total. The molecule has 84 valence electrons. The van der Waals surface area contributed by atoms with Crippen LogP contribution in [0.15, 0.2) is 11.1 Å². The van der Waals surface area contributed by atoms with Crippen molar-refractivity contribution in [1.82, 2.24) is 4.98 Å². The molecule has 1 aromatic rings. The van der Waals surface area contributed by atoms with Crippen molar-refractivity contribution in [3.8, 4) is 0 Å². The van der Waals surface area contributed by atoms with E-state index in [9.17, 15) is 17.2 Å². The second-order valence-corrected chi connectivity index (χ2v) is 6.15. The van der Waals surface area contributed by atoms with Crippen LogP contribution < -0.4 is 5.73 Å². The number of halogens is 4. The lowest BCUT2D eigenvalue weighted by molar-refractivity contribution is 0.151. The van der Waals surface area contributed by atoms with Gasteiger partial charge in [-0.05, 0) is 28.7 Å². The number of anilines is 1. The van der Waals surface area contributed by atoms with Gasteiger partial charge >= 0.3 is 0 Å². The highest BCUT2D eigenvalue weighted by Crippen LogP contribution is 2.30. The van der Waals surface area contributed by atoms with Crippen LogP contribution in [0.4, 0.5) is 14.6 Å².